The number of nitrogens with one attached hydrogen (secondary N) is 1. The molecule has 1 aromatic carbocycles. The van der Waals surface area contributed by atoms with E-state index >= 15 is 0 Å². The summed E-state index contributed by atoms with van der Waals surface area (Å²) in [4.78, 5) is 38.1. The molecule has 0 aliphatic rings. The van der Waals surface area contributed by atoms with Crippen LogP contribution in [0.1, 0.15) is 19.8 Å². The second kappa shape index (κ2) is 8.95. The number of benzene rings is 1. The summed E-state index contributed by atoms with van der Waals surface area (Å²) in [5.74, 6) is 0.646. The highest BCUT2D eigenvalue weighted by Gasteiger charge is 2.16. The summed E-state index contributed by atoms with van der Waals surface area (Å²) in [5, 5.41) is 4.51. The number of aromatic nitrogens is 2. The molecule has 3 rings (SSSR count). The molecule has 0 spiro atoms. The van der Waals surface area contributed by atoms with E-state index in [4.69, 9.17) is 9.47 Å². The van der Waals surface area contributed by atoms with Crippen molar-refractivity contribution in [1.82, 2.24) is 9.13 Å². The summed E-state index contributed by atoms with van der Waals surface area (Å²) in [7, 11) is 3.04. The van der Waals surface area contributed by atoms with Crippen molar-refractivity contribution in [3.63, 3.8) is 0 Å². The van der Waals surface area contributed by atoms with Crippen LogP contribution in [0.3, 0.4) is 0 Å². The molecule has 154 valence electrons. The highest BCUT2D eigenvalue weighted by atomic mass is 32.1. The topological polar surface area (TPSA) is 91.6 Å². The Morgan fingerprint density at radius 1 is 1.10 bits per heavy atom. The van der Waals surface area contributed by atoms with Gasteiger partial charge in [0, 0.05) is 18.3 Å². The van der Waals surface area contributed by atoms with E-state index < -0.39 is 5.69 Å². The molecule has 29 heavy (non-hydrogen) atoms. The lowest BCUT2D eigenvalue weighted by molar-refractivity contribution is -0.116. The Hall–Kier alpha value is -3.07. The van der Waals surface area contributed by atoms with Gasteiger partial charge in [-0.1, -0.05) is 13.3 Å². The van der Waals surface area contributed by atoms with Gasteiger partial charge in [0.15, 0.2) is 11.5 Å². The van der Waals surface area contributed by atoms with Crippen LogP contribution in [0.15, 0.2) is 39.2 Å². The molecule has 0 atom stereocenters. The van der Waals surface area contributed by atoms with Gasteiger partial charge in [0.1, 0.15) is 11.2 Å². The fraction of sp³-hybridized carbons (Fsp3) is 0.350. The van der Waals surface area contributed by atoms with Gasteiger partial charge >= 0.3 is 5.69 Å². The maximum absolute atomic E-state index is 12.9. The van der Waals surface area contributed by atoms with Gasteiger partial charge in [-0.2, -0.15) is 0 Å². The van der Waals surface area contributed by atoms with E-state index in [1.54, 1.807) is 29.6 Å². The van der Waals surface area contributed by atoms with E-state index in [1.807, 2.05) is 6.92 Å². The van der Waals surface area contributed by atoms with E-state index in [0.29, 0.717) is 40.4 Å². The number of fused-ring (bicyclic) bond motifs is 1. The zero-order valence-corrected chi connectivity index (χ0v) is 17.4. The number of thiophene rings is 1. The van der Waals surface area contributed by atoms with Crippen LogP contribution in [0, 0.1) is 0 Å². The van der Waals surface area contributed by atoms with Crippen LogP contribution in [-0.4, -0.2) is 29.3 Å². The van der Waals surface area contributed by atoms with Crippen molar-refractivity contribution in [3.05, 3.63) is 50.5 Å². The van der Waals surface area contributed by atoms with Crippen LogP contribution in [0.2, 0.25) is 0 Å². The van der Waals surface area contributed by atoms with E-state index in [0.717, 1.165) is 6.42 Å². The molecule has 3 aromatic rings. The third kappa shape index (κ3) is 4.19. The lowest BCUT2D eigenvalue weighted by atomic mass is 10.2. The second-order valence-electron chi connectivity index (χ2n) is 6.43. The van der Waals surface area contributed by atoms with Crippen molar-refractivity contribution in [2.45, 2.75) is 32.9 Å². The normalized spacial score (nSPS) is 10.9. The quantitative estimate of drug-likeness (QED) is 0.608. The molecule has 2 heterocycles. The van der Waals surface area contributed by atoms with Crippen molar-refractivity contribution in [2.75, 3.05) is 19.5 Å². The molecule has 1 amide bonds. The van der Waals surface area contributed by atoms with Gasteiger partial charge in [-0.05, 0) is 30.0 Å². The maximum Gasteiger partial charge on any atom is 0.332 e. The fourth-order valence-electron chi connectivity index (χ4n) is 3.06. The summed E-state index contributed by atoms with van der Waals surface area (Å²) >= 11 is 1.27. The van der Waals surface area contributed by atoms with E-state index in [1.165, 1.54) is 34.7 Å². The minimum atomic E-state index is -0.475. The Labute approximate surface area is 171 Å². The number of ether oxygens (including phenoxy) is 2. The van der Waals surface area contributed by atoms with Crippen LogP contribution < -0.4 is 26.0 Å². The monoisotopic (exact) mass is 417 g/mol. The molecular weight excluding hydrogens is 394 g/mol. The molecule has 8 nitrogen and oxygen atoms in total. The van der Waals surface area contributed by atoms with Crippen LogP contribution in [0.25, 0.3) is 10.2 Å². The summed E-state index contributed by atoms with van der Waals surface area (Å²) in [6.45, 7) is 2.12. The average Bonchev–Trinajstić information content (AvgIpc) is 3.21. The Kier molecular flexibility index (Phi) is 6.38. The summed E-state index contributed by atoms with van der Waals surface area (Å²) in [5.41, 5.74) is 0.212. The highest BCUT2D eigenvalue weighted by Crippen LogP contribution is 2.29. The Bertz CT molecular complexity index is 1150. The number of hydrogen-bond donors (Lipinski definition) is 1. The number of anilines is 1. The Balaban J connectivity index is 1.91. The van der Waals surface area contributed by atoms with Crippen LogP contribution in [0.5, 0.6) is 11.5 Å². The van der Waals surface area contributed by atoms with Gasteiger partial charge < -0.3 is 14.8 Å². The van der Waals surface area contributed by atoms with Gasteiger partial charge in [0.05, 0.1) is 19.7 Å². The lowest BCUT2D eigenvalue weighted by Crippen LogP contribution is -2.41. The Morgan fingerprint density at radius 2 is 1.86 bits per heavy atom. The van der Waals surface area contributed by atoms with Crippen LogP contribution >= 0.6 is 11.3 Å². The minimum absolute atomic E-state index is 0.202. The van der Waals surface area contributed by atoms with Crippen LogP contribution in [0.4, 0.5) is 5.69 Å². The van der Waals surface area contributed by atoms with Gasteiger partial charge in [0.25, 0.3) is 5.56 Å². The minimum Gasteiger partial charge on any atom is -0.493 e. The molecule has 0 saturated heterocycles. The summed E-state index contributed by atoms with van der Waals surface area (Å²) in [6, 6.07) is 6.70. The molecule has 0 aliphatic heterocycles. The third-order valence-electron chi connectivity index (χ3n) is 4.54. The first-order valence-electron chi connectivity index (χ1n) is 9.22. The second-order valence-corrected chi connectivity index (χ2v) is 7.35. The molecule has 0 fully saturated rings. The van der Waals surface area contributed by atoms with Gasteiger partial charge in [0.2, 0.25) is 5.91 Å². The maximum atomic E-state index is 12.9. The summed E-state index contributed by atoms with van der Waals surface area (Å²) < 4.78 is 13.5. The molecule has 0 unspecified atom stereocenters. The van der Waals surface area contributed by atoms with E-state index in [-0.39, 0.29) is 18.0 Å². The van der Waals surface area contributed by atoms with Crippen LogP contribution in [-0.2, 0) is 17.9 Å². The molecule has 0 saturated carbocycles. The number of hydrogen-bond acceptors (Lipinski definition) is 6. The lowest BCUT2D eigenvalue weighted by Gasteiger charge is -2.13. The molecule has 9 heteroatoms. The first-order valence-corrected chi connectivity index (χ1v) is 10.1. The number of carbonyl (C=O) groups excluding carboxylic acids is 1. The molecule has 0 aliphatic carbocycles. The van der Waals surface area contributed by atoms with Crippen molar-refractivity contribution in [1.29, 1.82) is 0 Å². The van der Waals surface area contributed by atoms with E-state index in [9.17, 15) is 14.4 Å². The number of unbranched alkanes of at least 4 members (excludes halogenated alkanes) is 1. The van der Waals surface area contributed by atoms with Crippen molar-refractivity contribution in [3.8, 4) is 11.5 Å². The fourth-order valence-corrected chi connectivity index (χ4v) is 3.90. The van der Waals surface area contributed by atoms with Gasteiger partial charge in [-0.25, -0.2) is 4.79 Å². The number of methoxy groups -OCH3 is 2. The molecule has 1 N–H and O–H groups in total. The molecule has 0 radical (unpaired) electrons. The number of rotatable bonds is 8. The zero-order chi connectivity index (χ0) is 21.0. The Morgan fingerprint density at radius 3 is 2.55 bits per heavy atom. The predicted molar refractivity (Wildman–Crippen MR) is 113 cm³/mol. The number of nitrogens with zero attached hydrogens (tertiary/aromatic N) is 2. The molecule has 0 bridgehead atoms. The molecule has 2 aromatic heterocycles. The van der Waals surface area contributed by atoms with Crippen molar-refractivity contribution >= 4 is 33.1 Å². The number of amides is 1. The van der Waals surface area contributed by atoms with Gasteiger partial charge in [-0.15, -0.1) is 11.3 Å². The van der Waals surface area contributed by atoms with Gasteiger partial charge in [-0.3, -0.25) is 18.7 Å². The zero-order valence-electron chi connectivity index (χ0n) is 16.6. The van der Waals surface area contributed by atoms with Crippen molar-refractivity contribution < 1.29 is 14.3 Å². The predicted octanol–water partition coefficient (Wildman–Crippen LogP) is 2.68. The van der Waals surface area contributed by atoms with E-state index in [2.05, 4.69) is 5.32 Å². The summed E-state index contributed by atoms with van der Waals surface area (Å²) in [6.07, 6.45) is 1.57. The average molecular weight is 417 g/mol. The molecular formula is C20H23N3O5S. The largest absolute Gasteiger partial charge is 0.493 e. The van der Waals surface area contributed by atoms with Crippen molar-refractivity contribution in [2.24, 2.45) is 0 Å². The third-order valence-corrected chi connectivity index (χ3v) is 5.43. The highest BCUT2D eigenvalue weighted by molar-refractivity contribution is 7.17. The first-order chi connectivity index (χ1) is 14.0. The number of carbonyl (C=O) groups is 1. The first kappa shape index (κ1) is 20.7. The smallest absolute Gasteiger partial charge is 0.332 e. The standard InChI is InChI=1S/C20H23N3O5S/c1-4-5-9-22-19(25)18-14(8-10-29-18)23(20(22)26)12-17(24)21-13-6-7-15(27-2)16(11-13)28-3/h6-8,10-11H,4-5,9,12H2,1-3H3,(H,21,24). The SMILES string of the molecule is CCCCn1c(=O)c2sccc2n(CC(=O)Nc2ccc(OC)c(OC)c2)c1=O.